The number of nitrogens with zero attached hydrogens (tertiary/aromatic N) is 3. The van der Waals surface area contributed by atoms with Crippen LogP contribution in [0.3, 0.4) is 0 Å². The lowest BCUT2D eigenvalue weighted by Crippen LogP contribution is -2.44. The Morgan fingerprint density at radius 3 is 2.55 bits per heavy atom. The van der Waals surface area contributed by atoms with Gasteiger partial charge < -0.3 is 14.6 Å². The molecular weight excluding hydrogens is 278 g/mol. The van der Waals surface area contributed by atoms with Gasteiger partial charge in [-0.05, 0) is 19.4 Å². The Hall–Kier alpha value is -2.14. The van der Waals surface area contributed by atoms with Crippen LogP contribution in [0, 0.1) is 0 Å². The van der Waals surface area contributed by atoms with Crippen LogP contribution in [0.4, 0.5) is 0 Å². The van der Waals surface area contributed by atoms with Crippen LogP contribution in [0.2, 0.25) is 0 Å². The molecular formula is C17H23N3O2. The van der Waals surface area contributed by atoms with E-state index in [2.05, 4.69) is 4.98 Å². The first-order chi connectivity index (χ1) is 10.5. The molecule has 22 heavy (non-hydrogen) atoms. The van der Waals surface area contributed by atoms with Crippen molar-refractivity contribution in [1.29, 1.82) is 0 Å². The maximum atomic E-state index is 13.0. The second-order valence-electron chi connectivity index (χ2n) is 5.94. The van der Waals surface area contributed by atoms with Crippen molar-refractivity contribution in [1.82, 2.24) is 14.5 Å². The lowest BCUT2D eigenvalue weighted by atomic mass is 9.83. The Morgan fingerprint density at radius 2 is 2.00 bits per heavy atom. The highest BCUT2D eigenvalue weighted by Gasteiger charge is 2.33. The van der Waals surface area contributed by atoms with Gasteiger partial charge in [0, 0.05) is 19.8 Å². The van der Waals surface area contributed by atoms with E-state index in [-0.39, 0.29) is 12.5 Å². The van der Waals surface area contributed by atoms with E-state index in [9.17, 15) is 9.90 Å². The first-order valence-electron chi connectivity index (χ1n) is 7.37. The molecule has 0 aliphatic heterocycles. The highest BCUT2D eigenvalue weighted by atomic mass is 16.3. The van der Waals surface area contributed by atoms with Crippen molar-refractivity contribution < 1.29 is 9.90 Å². The molecule has 1 heterocycles. The van der Waals surface area contributed by atoms with E-state index < -0.39 is 5.41 Å². The summed E-state index contributed by atoms with van der Waals surface area (Å²) in [5, 5.41) is 9.30. The van der Waals surface area contributed by atoms with Crippen molar-refractivity contribution in [3.63, 3.8) is 0 Å². The van der Waals surface area contributed by atoms with Gasteiger partial charge in [-0.1, -0.05) is 30.3 Å². The Balaban J connectivity index is 2.24. The van der Waals surface area contributed by atoms with Crippen LogP contribution >= 0.6 is 0 Å². The standard InChI is InChI=1S/C17H23N3O2/c1-17(2,14-7-5-4-6-8-14)16(22)20(9-10-21)12-15-11-18-13-19(15)3/h4-8,11,13,21H,9-10,12H2,1-3H3. The molecule has 1 amide bonds. The van der Waals surface area contributed by atoms with Crippen molar-refractivity contribution in [2.75, 3.05) is 13.2 Å². The van der Waals surface area contributed by atoms with Gasteiger partial charge in [-0.2, -0.15) is 0 Å². The summed E-state index contributed by atoms with van der Waals surface area (Å²) in [6, 6.07) is 9.72. The van der Waals surface area contributed by atoms with E-state index in [0.717, 1.165) is 11.3 Å². The molecule has 1 N–H and O–H groups in total. The fraction of sp³-hybridized carbons (Fsp3) is 0.412. The van der Waals surface area contributed by atoms with Crippen molar-refractivity contribution in [2.24, 2.45) is 7.05 Å². The molecule has 0 saturated carbocycles. The van der Waals surface area contributed by atoms with Gasteiger partial charge in [0.05, 0.1) is 30.6 Å². The molecule has 2 rings (SSSR count). The van der Waals surface area contributed by atoms with Gasteiger partial charge in [-0.25, -0.2) is 4.98 Å². The summed E-state index contributed by atoms with van der Waals surface area (Å²) in [6.07, 6.45) is 3.45. The number of benzene rings is 1. The molecule has 0 saturated heterocycles. The highest BCUT2D eigenvalue weighted by Crippen LogP contribution is 2.26. The molecule has 1 aromatic heterocycles. The zero-order valence-corrected chi connectivity index (χ0v) is 13.4. The number of carbonyl (C=O) groups is 1. The molecule has 0 fully saturated rings. The zero-order valence-electron chi connectivity index (χ0n) is 13.4. The average molecular weight is 301 g/mol. The molecule has 0 bridgehead atoms. The second-order valence-corrected chi connectivity index (χ2v) is 5.94. The van der Waals surface area contributed by atoms with Crippen LogP contribution < -0.4 is 0 Å². The van der Waals surface area contributed by atoms with Crippen LogP contribution in [0.5, 0.6) is 0 Å². The van der Waals surface area contributed by atoms with E-state index in [4.69, 9.17) is 0 Å². The lowest BCUT2D eigenvalue weighted by molar-refractivity contribution is -0.137. The summed E-state index contributed by atoms with van der Waals surface area (Å²) in [7, 11) is 1.90. The van der Waals surface area contributed by atoms with Gasteiger partial charge in [0.25, 0.3) is 0 Å². The van der Waals surface area contributed by atoms with Gasteiger partial charge in [0.1, 0.15) is 0 Å². The summed E-state index contributed by atoms with van der Waals surface area (Å²) in [5.74, 6) is -0.00560. The smallest absolute Gasteiger partial charge is 0.233 e. The number of amides is 1. The number of imidazole rings is 1. The molecule has 0 spiro atoms. The lowest BCUT2D eigenvalue weighted by Gasteiger charge is -2.32. The molecule has 5 heteroatoms. The van der Waals surface area contributed by atoms with E-state index >= 15 is 0 Å². The SMILES string of the molecule is Cn1cncc1CN(CCO)C(=O)C(C)(C)c1ccccc1. The highest BCUT2D eigenvalue weighted by molar-refractivity contribution is 5.87. The van der Waals surface area contributed by atoms with Gasteiger partial charge >= 0.3 is 0 Å². The third kappa shape index (κ3) is 3.36. The van der Waals surface area contributed by atoms with E-state index in [1.807, 2.05) is 55.8 Å². The predicted octanol–water partition coefficient (Wildman–Crippen LogP) is 1.72. The topological polar surface area (TPSA) is 58.4 Å². The largest absolute Gasteiger partial charge is 0.395 e. The third-order valence-corrected chi connectivity index (χ3v) is 3.96. The number of aryl methyl sites for hydroxylation is 1. The van der Waals surface area contributed by atoms with Gasteiger partial charge in [-0.15, -0.1) is 0 Å². The molecule has 5 nitrogen and oxygen atoms in total. The van der Waals surface area contributed by atoms with Crippen LogP contribution in [0.25, 0.3) is 0 Å². The van der Waals surface area contributed by atoms with E-state index in [0.29, 0.717) is 13.1 Å². The van der Waals surface area contributed by atoms with E-state index in [1.165, 1.54) is 0 Å². The van der Waals surface area contributed by atoms with Gasteiger partial charge in [-0.3, -0.25) is 4.79 Å². The minimum atomic E-state index is -0.644. The van der Waals surface area contributed by atoms with E-state index in [1.54, 1.807) is 17.4 Å². The van der Waals surface area contributed by atoms with Crippen molar-refractivity contribution >= 4 is 5.91 Å². The summed E-state index contributed by atoms with van der Waals surface area (Å²) in [4.78, 5) is 18.7. The number of aliphatic hydroxyl groups is 1. The molecule has 2 aromatic rings. The maximum absolute atomic E-state index is 13.0. The predicted molar refractivity (Wildman–Crippen MR) is 85.2 cm³/mol. The summed E-state index contributed by atoms with van der Waals surface area (Å²) in [5.41, 5.74) is 1.26. The van der Waals surface area contributed by atoms with Crippen LogP contribution in [0.15, 0.2) is 42.9 Å². The summed E-state index contributed by atoms with van der Waals surface area (Å²) in [6.45, 7) is 4.51. The van der Waals surface area contributed by atoms with Crippen LogP contribution in [-0.2, 0) is 23.8 Å². The molecule has 1 aromatic carbocycles. The average Bonchev–Trinajstić information content (AvgIpc) is 2.92. The number of aromatic nitrogens is 2. The monoisotopic (exact) mass is 301 g/mol. The Morgan fingerprint density at radius 1 is 1.32 bits per heavy atom. The zero-order chi connectivity index (χ0) is 16.2. The third-order valence-electron chi connectivity index (χ3n) is 3.96. The van der Waals surface area contributed by atoms with Crippen molar-refractivity contribution in [3.8, 4) is 0 Å². The summed E-state index contributed by atoms with van der Waals surface area (Å²) < 4.78 is 1.88. The Bertz CT molecular complexity index is 620. The summed E-state index contributed by atoms with van der Waals surface area (Å²) >= 11 is 0. The molecule has 0 unspecified atom stereocenters. The van der Waals surface area contributed by atoms with Crippen molar-refractivity contribution in [2.45, 2.75) is 25.8 Å². The second kappa shape index (κ2) is 6.75. The first kappa shape index (κ1) is 16.2. The number of carbonyl (C=O) groups excluding carboxylic acids is 1. The van der Waals surface area contributed by atoms with Crippen molar-refractivity contribution in [3.05, 3.63) is 54.1 Å². The number of rotatable bonds is 6. The maximum Gasteiger partial charge on any atom is 0.233 e. The normalized spacial score (nSPS) is 11.5. The molecule has 0 atom stereocenters. The molecule has 0 aliphatic rings. The fourth-order valence-corrected chi connectivity index (χ4v) is 2.48. The first-order valence-corrected chi connectivity index (χ1v) is 7.37. The molecule has 0 radical (unpaired) electrons. The van der Waals surface area contributed by atoms with Gasteiger partial charge in [0.2, 0.25) is 5.91 Å². The van der Waals surface area contributed by atoms with Gasteiger partial charge in [0.15, 0.2) is 0 Å². The van der Waals surface area contributed by atoms with Crippen LogP contribution in [0.1, 0.15) is 25.1 Å². The number of hydrogen-bond acceptors (Lipinski definition) is 3. The number of hydrogen-bond donors (Lipinski definition) is 1. The Labute approximate surface area is 131 Å². The minimum Gasteiger partial charge on any atom is -0.395 e. The Kier molecular flexibility index (Phi) is 4.98. The fourth-order valence-electron chi connectivity index (χ4n) is 2.48. The minimum absolute atomic E-state index is 0.00560. The molecule has 0 aliphatic carbocycles. The molecule has 118 valence electrons. The quantitative estimate of drug-likeness (QED) is 0.884. The van der Waals surface area contributed by atoms with Crippen LogP contribution in [-0.4, -0.2) is 38.6 Å². The number of aliphatic hydroxyl groups excluding tert-OH is 1.